The summed E-state index contributed by atoms with van der Waals surface area (Å²) in [5, 5.41) is 8.77. The Morgan fingerprint density at radius 3 is 2.55 bits per heavy atom. The Kier molecular flexibility index (Phi) is 4.24. The Morgan fingerprint density at radius 1 is 1.35 bits per heavy atom. The van der Waals surface area contributed by atoms with E-state index in [-0.39, 0.29) is 17.8 Å². The van der Waals surface area contributed by atoms with E-state index in [4.69, 9.17) is 9.84 Å². The zero-order valence-electron chi connectivity index (χ0n) is 11.3. The number of carboxylic acid groups (broad SMARTS) is 1. The van der Waals surface area contributed by atoms with E-state index in [1.807, 2.05) is 31.2 Å². The van der Waals surface area contributed by atoms with Gasteiger partial charge < -0.3 is 9.84 Å². The predicted octanol–water partition coefficient (Wildman–Crippen LogP) is 2.37. The summed E-state index contributed by atoms with van der Waals surface area (Å²) in [7, 11) is 1.59. The summed E-state index contributed by atoms with van der Waals surface area (Å²) < 4.78 is 6.63. The van der Waals surface area contributed by atoms with Crippen LogP contribution in [-0.4, -0.2) is 22.8 Å². The van der Waals surface area contributed by atoms with Crippen molar-refractivity contribution in [3.8, 4) is 17.0 Å². The fraction of sp³-hybridized carbons (Fsp3) is 0.286. The molecule has 0 spiro atoms. The van der Waals surface area contributed by atoms with Gasteiger partial charge in [-0.3, -0.25) is 14.2 Å². The Labute approximate surface area is 120 Å². The van der Waals surface area contributed by atoms with Crippen LogP contribution >= 0.6 is 11.3 Å². The van der Waals surface area contributed by atoms with Crippen molar-refractivity contribution >= 4 is 17.3 Å². The molecule has 0 atom stereocenters. The normalized spacial score (nSPS) is 10.5. The molecule has 0 aliphatic carbocycles. The van der Waals surface area contributed by atoms with Crippen molar-refractivity contribution in [1.82, 2.24) is 4.57 Å². The first-order valence-electron chi connectivity index (χ1n) is 6.09. The number of benzene rings is 1. The number of carbonyl (C=O) groups is 1. The van der Waals surface area contributed by atoms with Crippen LogP contribution in [0.3, 0.4) is 0 Å². The number of aryl methyl sites for hydroxylation is 1. The van der Waals surface area contributed by atoms with Crippen molar-refractivity contribution in [1.29, 1.82) is 0 Å². The number of hydrogen-bond acceptors (Lipinski definition) is 4. The number of carboxylic acids is 1. The second-order valence-electron chi connectivity index (χ2n) is 4.30. The van der Waals surface area contributed by atoms with Gasteiger partial charge >= 0.3 is 10.8 Å². The van der Waals surface area contributed by atoms with Crippen LogP contribution in [0, 0.1) is 6.92 Å². The second kappa shape index (κ2) is 5.92. The van der Waals surface area contributed by atoms with Gasteiger partial charge in [0.25, 0.3) is 0 Å². The standard InChI is InChI=1S/C14H15NO4S/c1-9-13(10-3-5-11(19-2)6-4-10)15(14(18)20-9)8-7-12(16)17/h3-6H,7-8H2,1-2H3,(H,16,17). The first-order valence-corrected chi connectivity index (χ1v) is 6.91. The highest BCUT2D eigenvalue weighted by Gasteiger charge is 2.14. The predicted molar refractivity (Wildman–Crippen MR) is 77.6 cm³/mol. The van der Waals surface area contributed by atoms with Crippen LogP contribution in [0.25, 0.3) is 11.3 Å². The lowest BCUT2D eigenvalue weighted by Crippen LogP contribution is -2.16. The molecule has 20 heavy (non-hydrogen) atoms. The van der Waals surface area contributed by atoms with E-state index in [1.54, 1.807) is 7.11 Å². The maximum atomic E-state index is 11.9. The molecule has 2 rings (SSSR count). The summed E-state index contributed by atoms with van der Waals surface area (Å²) >= 11 is 1.14. The molecule has 6 heteroatoms. The van der Waals surface area contributed by atoms with Crippen LogP contribution in [-0.2, 0) is 11.3 Å². The van der Waals surface area contributed by atoms with Crippen molar-refractivity contribution in [3.63, 3.8) is 0 Å². The third kappa shape index (κ3) is 2.91. The molecule has 0 amide bonds. The average molecular weight is 293 g/mol. The van der Waals surface area contributed by atoms with E-state index < -0.39 is 5.97 Å². The number of rotatable bonds is 5. The molecule has 0 saturated carbocycles. The molecule has 0 saturated heterocycles. The number of nitrogens with zero attached hydrogens (tertiary/aromatic N) is 1. The van der Waals surface area contributed by atoms with Crippen molar-refractivity contribution in [3.05, 3.63) is 38.8 Å². The Balaban J connectivity index is 2.43. The van der Waals surface area contributed by atoms with Gasteiger partial charge in [0.1, 0.15) is 5.75 Å². The van der Waals surface area contributed by atoms with Crippen molar-refractivity contribution in [2.75, 3.05) is 7.11 Å². The minimum absolute atomic E-state index is 0.0702. The van der Waals surface area contributed by atoms with Gasteiger partial charge in [0, 0.05) is 11.4 Å². The summed E-state index contributed by atoms with van der Waals surface area (Å²) in [5.74, 6) is -0.178. The van der Waals surface area contributed by atoms with E-state index in [0.717, 1.165) is 33.2 Å². The highest BCUT2D eigenvalue weighted by molar-refractivity contribution is 7.09. The highest BCUT2D eigenvalue weighted by Crippen LogP contribution is 2.27. The molecular weight excluding hydrogens is 278 g/mol. The van der Waals surface area contributed by atoms with Gasteiger partial charge in [0.05, 0.1) is 19.2 Å². The van der Waals surface area contributed by atoms with Crippen LogP contribution in [0.15, 0.2) is 29.1 Å². The van der Waals surface area contributed by atoms with Crippen molar-refractivity contribution in [2.45, 2.75) is 19.9 Å². The van der Waals surface area contributed by atoms with E-state index in [0.29, 0.717) is 0 Å². The van der Waals surface area contributed by atoms with Gasteiger partial charge in [0.2, 0.25) is 0 Å². The van der Waals surface area contributed by atoms with Crippen LogP contribution in [0.1, 0.15) is 11.3 Å². The molecule has 1 heterocycles. The number of aromatic nitrogens is 1. The summed E-state index contributed by atoms with van der Waals surface area (Å²) in [6, 6.07) is 7.37. The van der Waals surface area contributed by atoms with Gasteiger partial charge in [-0.2, -0.15) is 0 Å². The minimum atomic E-state index is -0.915. The Morgan fingerprint density at radius 2 is 2.00 bits per heavy atom. The van der Waals surface area contributed by atoms with E-state index >= 15 is 0 Å². The van der Waals surface area contributed by atoms with E-state index in [1.165, 1.54) is 4.57 Å². The molecule has 0 unspecified atom stereocenters. The number of ether oxygens (including phenoxy) is 1. The molecule has 1 aromatic heterocycles. The molecule has 0 bridgehead atoms. The summed E-state index contributed by atoms with van der Waals surface area (Å²) in [4.78, 5) is 23.4. The molecular formula is C14H15NO4S. The molecule has 0 aliphatic heterocycles. The number of methoxy groups -OCH3 is 1. The van der Waals surface area contributed by atoms with Gasteiger partial charge in [-0.05, 0) is 36.8 Å². The largest absolute Gasteiger partial charge is 0.497 e. The molecule has 0 radical (unpaired) electrons. The first kappa shape index (κ1) is 14.3. The smallest absolute Gasteiger partial charge is 0.307 e. The van der Waals surface area contributed by atoms with Crippen LogP contribution < -0.4 is 9.61 Å². The van der Waals surface area contributed by atoms with Gasteiger partial charge in [-0.25, -0.2) is 0 Å². The quantitative estimate of drug-likeness (QED) is 0.919. The SMILES string of the molecule is COc1ccc(-c2c(C)sc(=O)n2CCC(=O)O)cc1. The molecule has 106 valence electrons. The molecule has 1 N–H and O–H groups in total. The summed E-state index contributed by atoms with van der Waals surface area (Å²) in [6.45, 7) is 2.04. The summed E-state index contributed by atoms with van der Waals surface area (Å²) in [5.41, 5.74) is 1.66. The zero-order chi connectivity index (χ0) is 14.7. The van der Waals surface area contributed by atoms with E-state index in [2.05, 4.69) is 0 Å². The monoisotopic (exact) mass is 293 g/mol. The maximum Gasteiger partial charge on any atom is 0.307 e. The topological polar surface area (TPSA) is 68.5 Å². The Bertz CT molecular complexity index is 669. The second-order valence-corrected chi connectivity index (χ2v) is 5.46. The number of hydrogen-bond donors (Lipinski definition) is 1. The lowest BCUT2D eigenvalue weighted by atomic mass is 10.1. The molecule has 5 nitrogen and oxygen atoms in total. The highest BCUT2D eigenvalue weighted by atomic mass is 32.1. The lowest BCUT2D eigenvalue weighted by molar-refractivity contribution is -0.137. The lowest BCUT2D eigenvalue weighted by Gasteiger charge is -2.08. The maximum absolute atomic E-state index is 11.9. The van der Waals surface area contributed by atoms with Crippen LogP contribution in [0.4, 0.5) is 0 Å². The van der Waals surface area contributed by atoms with Gasteiger partial charge in [-0.1, -0.05) is 11.3 Å². The fourth-order valence-electron chi connectivity index (χ4n) is 2.03. The fourth-order valence-corrected chi connectivity index (χ4v) is 2.91. The summed E-state index contributed by atoms with van der Waals surface area (Å²) in [6.07, 6.45) is -0.0702. The molecule has 2 aromatic rings. The van der Waals surface area contributed by atoms with E-state index in [9.17, 15) is 9.59 Å². The minimum Gasteiger partial charge on any atom is -0.497 e. The van der Waals surface area contributed by atoms with Crippen molar-refractivity contribution < 1.29 is 14.6 Å². The van der Waals surface area contributed by atoms with Crippen molar-refractivity contribution in [2.24, 2.45) is 0 Å². The van der Waals surface area contributed by atoms with Gasteiger partial charge in [-0.15, -0.1) is 0 Å². The Hall–Kier alpha value is -2.08. The molecule has 0 fully saturated rings. The van der Waals surface area contributed by atoms with Crippen LogP contribution in [0.2, 0.25) is 0 Å². The third-order valence-corrected chi connectivity index (χ3v) is 3.87. The zero-order valence-corrected chi connectivity index (χ0v) is 12.1. The van der Waals surface area contributed by atoms with Crippen LogP contribution in [0.5, 0.6) is 5.75 Å². The number of aliphatic carboxylic acids is 1. The third-order valence-electron chi connectivity index (χ3n) is 2.98. The molecule has 0 aliphatic rings. The average Bonchev–Trinajstić information content (AvgIpc) is 2.70. The first-order chi connectivity index (χ1) is 9.52. The van der Waals surface area contributed by atoms with Gasteiger partial charge in [0.15, 0.2) is 0 Å². The number of thiazole rings is 1. The molecule has 1 aromatic carbocycles.